The summed E-state index contributed by atoms with van der Waals surface area (Å²) in [5.74, 6) is -0.815. The number of hydrogen-bond donors (Lipinski definition) is 0. The number of esters is 1. The van der Waals surface area contributed by atoms with Gasteiger partial charge in [0.05, 0.1) is 11.7 Å². The third-order valence-electron chi connectivity index (χ3n) is 4.86. The van der Waals surface area contributed by atoms with E-state index in [1.807, 2.05) is 6.07 Å². The molecule has 1 aromatic heterocycles. The summed E-state index contributed by atoms with van der Waals surface area (Å²) in [5, 5.41) is 9.37. The zero-order valence-electron chi connectivity index (χ0n) is 18.1. The van der Waals surface area contributed by atoms with E-state index in [9.17, 15) is 19.6 Å². The van der Waals surface area contributed by atoms with Crippen molar-refractivity contribution < 1.29 is 23.5 Å². The van der Waals surface area contributed by atoms with E-state index >= 15 is 0 Å². The Hall–Kier alpha value is -3.44. The van der Waals surface area contributed by atoms with Gasteiger partial charge < -0.3 is 9.15 Å². The van der Waals surface area contributed by atoms with Crippen LogP contribution in [-0.2, 0) is 14.3 Å². The number of nitriles is 1. The summed E-state index contributed by atoms with van der Waals surface area (Å²) in [6, 6.07) is 10.4. The molecule has 0 spiro atoms. The first-order chi connectivity index (χ1) is 15.2. The molecule has 1 aliphatic heterocycles. The van der Waals surface area contributed by atoms with Crippen molar-refractivity contribution in [2.75, 3.05) is 6.54 Å². The molecular formula is C24H21BrN2O5. The molecule has 1 aromatic carbocycles. The van der Waals surface area contributed by atoms with Gasteiger partial charge in [0.25, 0.3) is 11.8 Å². The molecule has 164 valence electrons. The highest BCUT2D eigenvalue weighted by Gasteiger charge is 2.34. The number of furan rings is 1. The van der Waals surface area contributed by atoms with E-state index in [1.54, 1.807) is 58.0 Å². The minimum atomic E-state index is -0.599. The van der Waals surface area contributed by atoms with Gasteiger partial charge in [0, 0.05) is 22.2 Å². The van der Waals surface area contributed by atoms with Crippen LogP contribution in [0.15, 0.2) is 55.9 Å². The molecule has 0 saturated heterocycles. The third kappa shape index (κ3) is 4.43. The van der Waals surface area contributed by atoms with E-state index in [0.717, 1.165) is 4.90 Å². The summed E-state index contributed by atoms with van der Waals surface area (Å²) >= 11 is 3.37. The fourth-order valence-corrected chi connectivity index (χ4v) is 3.67. The average Bonchev–Trinajstić information content (AvgIpc) is 3.20. The zero-order chi connectivity index (χ0) is 23.6. The summed E-state index contributed by atoms with van der Waals surface area (Å²) in [6.45, 7) is 6.91. The van der Waals surface area contributed by atoms with Crippen molar-refractivity contribution >= 4 is 39.8 Å². The number of ether oxygens (including phenoxy) is 1. The van der Waals surface area contributed by atoms with Gasteiger partial charge in [-0.1, -0.05) is 15.9 Å². The number of nitrogens with zero attached hydrogens (tertiary/aromatic N) is 2. The van der Waals surface area contributed by atoms with Crippen LogP contribution >= 0.6 is 15.9 Å². The number of hydrogen-bond acceptors (Lipinski definition) is 6. The van der Waals surface area contributed by atoms with Crippen molar-refractivity contribution in [3.63, 3.8) is 0 Å². The Morgan fingerprint density at radius 1 is 1.25 bits per heavy atom. The lowest BCUT2D eigenvalue weighted by atomic mass is 9.95. The number of carbonyl (C=O) groups is 3. The number of benzene rings is 1. The Morgan fingerprint density at radius 2 is 1.97 bits per heavy atom. The molecule has 0 atom stereocenters. The fraction of sp³-hybridized carbons (Fsp3) is 0.250. The van der Waals surface area contributed by atoms with Gasteiger partial charge in [-0.25, -0.2) is 4.79 Å². The van der Waals surface area contributed by atoms with Gasteiger partial charge in [0.15, 0.2) is 0 Å². The Kier molecular flexibility index (Phi) is 6.80. The molecule has 0 saturated carbocycles. The second kappa shape index (κ2) is 9.37. The minimum absolute atomic E-state index is 0.0730. The van der Waals surface area contributed by atoms with Crippen molar-refractivity contribution in [2.24, 2.45) is 0 Å². The summed E-state index contributed by atoms with van der Waals surface area (Å²) in [6.07, 6.45) is 1.22. The van der Waals surface area contributed by atoms with Crippen LogP contribution in [0.2, 0.25) is 0 Å². The van der Waals surface area contributed by atoms with E-state index < -0.39 is 17.8 Å². The first-order valence-corrected chi connectivity index (χ1v) is 10.8. The van der Waals surface area contributed by atoms with Crippen LogP contribution in [0.4, 0.5) is 0 Å². The quantitative estimate of drug-likeness (QED) is 0.332. The van der Waals surface area contributed by atoms with Gasteiger partial charge in [-0.2, -0.15) is 5.26 Å². The summed E-state index contributed by atoms with van der Waals surface area (Å²) in [7, 11) is 0. The molecule has 0 fully saturated rings. The van der Waals surface area contributed by atoms with Crippen molar-refractivity contribution in [1.82, 2.24) is 4.90 Å². The fourth-order valence-electron chi connectivity index (χ4n) is 3.31. The first-order valence-electron chi connectivity index (χ1n) is 9.97. The number of halogens is 1. The minimum Gasteiger partial charge on any atom is -0.459 e. The van der Waals surface area contributed by atoms with Crippen LogP contribution in [0.25, 0.3) is 17.4 Å². The van der Waals surface area contributed by atoms with Crippen molar-refractivity contribution in [3.05, 3.63) is 62.8 Å². The molecule has 3 rings (SSSR count). The van der Waals surface area contributed by atoms with Gasteiger partial charge in [0.1, 0.15) is 23.2 Å². The van der Waals surface area contributed by atoms with Gasteiger partial charge in [-0.15, -0.1) is 0 Å². The highest BCUT2D eigenvalue weighted by Crippen LogP contribution is 2.32. The lowest BCUT2D eigenvalue weighted by Crippen LogP contribution is -2.42. The predicted octanol–water partition coefficient (Wildman–Crippen LogP) is 4.89. The summed E-state index contributed by atoms with van der Waals surface area (Å²) < 4.78 is 12.0. The van der Waals surface area contributed by atoms with Crippen molar-refractivity contribution in [1.29, 1.82) is 5.26 Å². The zero-order valence-corrected chi connectivity index (χ0v) is 19.6. The average molecular weight is 497 g/mol. The van der Waals surface area contributed by atoms with Gasteiger partial charge in [-0.3, -0.25) is 14.5 Å². The highest BCUT2D eigenvalue weighted by molar-refractivity contribution is 9.10. The van der Waals surface area contributed by atoms with E-state index in [1.165, 1.54) is 6.08 Å². The lowest BCUT2D eigenvalue weighted by molar-refractivity contribution is -0.140. The van der Waals surface area contributed by atoms with Gasteiger partial charge in [-0.05, 0) is 69.7 Å². The number of rotatable bonds is 5. The predicted molar refractivity (Wildman–Crippen MR) is 121 cm³/mol. The van der Waals surface area contributed by atoms with E-state index in [-0.39, 0.29) is 23.8 Å². The second-order valence-electron chi connectivity index (χ2n) is 7.37. The number of amides is 2. The van der Waals surface area contributed by atoms with E-state index in [4.69, 9.17) is 9.15 Å². The molecule has 2 heterocycles. The van der Waals surface area contributed by atoms with Gasteiger partial charge >= 0.3 is 5.97 Å². The SMILES string of the molecule is CCN1C(=O)C(C#N)=C(C)/C(=C\c2ccc(-c3ccc(Br)cc3C(=O)OC(C)C)o2)C1=O. The van der Waals surface area contributed by atoms with Gasteiger partial charge in [0.2, 0.25) is 0 Å². The smallest absolute Gasteiger partial charge is 0.339 e. The third-order valence-corrected chi connectivity index (χ3v) is 5.36. The van der Waals surface area contributed by atoms with Crippen LogP contribution in [0, 0.1) is 11.3 Å². The first kappa shape index (κ1) is 23.2. The molecule has 0 radical (unpaired) electrons. The lowest BCUT2D eigenvalue weighted by Gasteiger charge is -2.25. The second-order valence-corrected chi connectivity index (χ2v) is 8.29. The number of imide groups is 1. The standard InChI is InChI=1S/C24H21BrN2O5/c1-5-27-22(28)18(14(4)20(12-26)23(27)29)11-16-7-9-21(32-16)17-8-6-15(25)10-19(17)24(30)31-13(2)3/h6-11,13H,5H2,1-4H3/b18-11+. The molecule has 8 heteroatoms. The highest BCUT2D eigenvalue weighted by atomic mass is 79.9. The number of carbonyl (C=O) groups excluding carboxylic acids is 3. The molecule has 0 N–H and O–H groups in total. The maximum Gasteiger partial charge on any atom is 0.339 e. The Balaban J connectivity index is 2.05. The van der Waals surface area contributed by atoms with Crippen LogP contribution in [-0.4, -0.2) is 35.3 Å². The molecule has 2 amide bonds. The monoisotopic (exact) mass is 496 g/mol. The molecule has 32 heavy (non-hydrogen) atoms. The summed E-state index contributed by atoms with van der Waals surface area (Å²) in [4.78, 5) is 38.7. The Bertz CT molecular complexity index is 1210. The van der Waals surface area contributed by atoms with E-state index in [2.05, 4.69) is 15.9 Å². The Labute approximate surface area is 194 Å². The molecule has 0 unspecified atom stereocenters. The van der Waals surface area contributed by atoms with Crippen molar-refractivity contribution in [2.45, 2.75) is 33.8 Å². The largest absolute Gasteiger partial charge is 0.459 e. The van der Waals surface area contributed by atoms with Crippen molar-refractivity contribution in [3.8, 4) is 17.4 Å². The normalized spacial score (nSPS) is 15.5. The van der Waals surface area contributed by atoms with Crippen LogP contribution in [0.5, 0.6) is 0 Å². The topological polar surface area (TPSA) is 101 Å². The van der Waals surface area contributed by atoms with Crippen LogP contribution < -0.4 is 0 Å². The maximum absolute atomic E-state index is 12.8. The molecule has 7 nitrogen and oxygen atoms in total. The molecular weight excluding hydrogens is 476 g/mol. The molecule has 0 aliphatic carbocycles. The molecule has 0 bridgehead atoms. The van der Waals surface area contributed by atoms with Crippen LogP contribution in [0.3, 0.4) is 0 Å². The number of likely N-dealkylation sites (N-methyl/N-ethyl adjacent to an activating group) is 1. The molecule has 2 aromatic rings. The molecule has 1 aliphatic rings. The Morgan fingerprint density at radius 3 is 2.59 bits per heavy atom. The summed E-state index contributed by atoms with van der Waals surface area (Å²) in [5.41, 5.74) is 1.31. The van der Waals surface area contributed by atoms with Crippen LogP contribution in [0.1, 0.15) is 43.8 Å². The maximum atomic E-state index is 12.8. The van der Waals surface area contributed by atoms with E-state index in [0.29, 0.717) is 32.7 Å².